The highest BCUT2D eigenvalue weighted by molar-refractivity contribution is 6.00. The maximum atomic E-state index is 13.3. The SMILES string of the molecule is Cc1cc(C)nc(Nc2ccccc2C(=O)N2CCC(Cc3ccccc3)CC2)n1. The standard InChI is InChI=1S/C25H28N4O/c1-18-16-19(2)27-25(26-18)28-23-11-7-6-10-22(23)24(30)29-14-12-21(13-15-29)17-20-8-4-3-5-9-20/h3-11,16,21H,12-15,17H2,1-2H3,(H,26,27,28). The summed E-state index contributed by atoms with van der Waals surface area (Å²) in [6.07, 6.45) is 3.16. The number of aryl methyl sites for hydroxylation is 2. The molecule has 5 nitrogen and oxygen atoms in total. The van der Waals surface area contributed by atoms with Crippen LogP contribution in [0.2, 0.25) is 0 Å². The van der Waals surface area contributed by atoms with Gasteiger partial charge in [0.05, 0.1) is 11.3 Å². The number of carbonyl (C=O) groups is 1. The Labute approximate surface area is 178 Å². The lowest BCUT2D eigenvalue weighted by molar-refractivity contribution is 0.0691. The molecular formula is C25H28N4O. The summed E-state index contributed by atoms with van der Waals surface area (Å²) in [4.78, 5) is 24.1. The molecule has 0 atom stereocenters. The fraction of sp³-hybridized carbons (Fsp3) is 0.320. The number of nitrogens with zero attached hydrogens (tertiary/aromatic N) is 3. The van der Waals surface area contributed by atoms with Gasteiger partial charge < -0.3 is 10.2 Å². The zero-order valence-corrected chi connectivity index (χ0v) is 17.6. The number of carbonyl (C=O) groups excluding carboxylic acids is 1. The van der Waals surface area contributed by atoms with Gasteiger partial charge in [-0.05, 0) is 62.8 Å². The third kappa shape index (κ3) is 4.85. The van der Waals surface area contributed by atoms with Gasteiger partial charge in [0.1, 0.15) is 0 Å². The van der Waals surface area contributed by atoms with Gasteiger partial charge >= 0.3 is 0 Å². The van der Waals surface area contributed by atoms with E-state index in [9.17, 15) is 4.79 Å². The highest BCUT2D eigenvalue weighted by Crippen LogP contribution is 2.26. The van der Waals surface area contributed by atoms with Gasteiger partial charge in [-0.2, -0.15) is 0 Å². The van der Waals surface area contributed by atoms with Crippen molar-refractivity contribution < 1.29 is 4.79 Å². The summed E-state index contributed by atoms with van der Waals surface area (Å²) in [5, 5.41) is 3.25. The van der Waals surface area contributed by atoms with Crippen LogP contribution in [0.3, 0.4) is 0 Å². The molecule has 0 bridgehead atoms. The number of nitrogens with one attached hydrogen (secondary N) is 1. The quantitative estimate of drug-likeness (QED) is 0.660. The summed E-state index contributed by atoms with van der Waals surface area (Å²) in [5.74, 6) is 1.23. The van der Waals surface area contributed by atoms with Crippen LogP contribution in [-0.4, -0.2) is 33.9 Å². The molecule has 154 valence electrons. The number of hydrogen-bond donors (Lipinski definition) is 1. The lowest BCUT2D eigenvalue weighted by Crippen LogP contribution is -2.39. The Morgan fingerprint density at radius 2 is 1.60 bits per heavy atom. The first-order valence-corrected chi connectivity index (χ1v) is 10.6. The fourth-order valence-electron chi connectivity index (χ4n) is 4.14. The van der Waals surface area contributed by atoms with Crippen LogP contribution in [-0.2, 0) is 6.42 Å². The van der Waals surface area contributed by atoms with E-state index in [1.165, 1.54) is 5.56 Å². The second-order valence-corrected chi connectivity index (χ2v) is 8.07. The minimum atomic E-state index is 0.0700. The molecule has 0 unspecified atom stereocenters. The van der Waals surface area contributed by atoms with Crippen molar-refractivity contribution in [1.82, 2.24) is 14.9 Å². The highest BCUT2D eigenvalue weighted by atomic mass is 16.2. The van der Waals surface area contributed by atoms with Crippen molar-refractivity contribution >= 4 is 17.5 Å². The van der Waals surface area contributed by atoms with Gasteiger partial charge in [-0.15, -0.1) is 0 Å². The van der Waals surface area contributed by atoms with Gasteiger partial charge in [-0.1, -0.05) is 42.5 Å². The molecule has 0 aliphatic carbocycles. The summed E-state index contributed by atoms with van der Waals surface area (Å²) >= 11 is 0. The Kier molecular flexibility index (Phi) is 6.07. The van der Waals surface area contributed by atoms with Gasteiger partial charge in [0, 0.05) is 24.5 Å². The van der Waals surface area contributed by atoms with Crippen molar-refractivity contribution in [3.63, 3.8) is 0 Å². The number of aromatic nitrogens is 2. The molecule has 4 rings (SSSR count). The Balaban J connectivity index is 1.43. The van der Waals surface area contributed by atoms with Crippen molar-refractivity contribution in [3.8, 4) is 0 Å². The average Bonchev–Trinajstić information content (AvgIpc) is 2.74. The Bertz CT molecular complexity index is 990. The van der Waals surface area contributed by atoms with Crippen LogP contribution in [0.1, 0.15) is 40.2 Å². The maximum absolute atomic E-state index is 13.3. The fourth-order valence-corrected chi connectivity index (χ4v) is 4.14. The normalized spacial score (nSPS) is 14.5. The third-order valence-corrected chi connectivity index (χ3v) is 5.66. The molecule has 1 aliphatic rings. The van der Waals surface area contributed by atoms with E-state index < -0.39 is 0 Å². The summed E-state index contributed by atoms with van der Waals surface area (Å²) < 4.78 is 0. The van der Waals surface area contributed by atoms with Crippen LogP contribution in [0, 0.1) is 19.8 Å². The van der Waals surface area contributed by atoms with E-state index >= 15 is 0 Å². The van der Waals surface area contributed by atoms with Gasteiger partial charge in [0.25, 0.3) is 5.91 Å². The zero-order valence-electron chi connectivity index (χ0n) is 17.6. The predicted molar refractivity (Wildman–Crippen MR) is 120 cm³/mol. The highest BCUT2D eigenvalue weighted by Gasteiger charge is 2.25. The maximum Gasteiger partial charge on any atom is 0.255 e. The van der Waals surface area contributed by atoms with Gasteiger partial charge in [0.2, 0.25) is 5.95 Å². The second-order valence-electron chi connectivity index (χ2n) is 8.07. The molecule has 0 radical (unpaired) electrons. The number of hydrogen-bond acceptors (Lipinski definition) is 4. The largest absolute Gasteiger partial charge is 0.339 e. The third-order valence-electron chi connectivity index (χ3n) is 5.66. The first kappa shape index (κ1) is 20.1. The minimum Gasteiger partial charge on any atom is -0.339 e. The molecule has 1 aromatic heterocycles. The molecule has 1 fully saturated rings. The van der Waals surface area contributed by atoms with Crippen LogP contribution >= 0.6 is 0 Å². The zero-order chi connectivity index (χ0) is 20.9. The van der Waals surface area contributed by atoms with Crippen molar-refractivity contribution in [1.29, 1.82) is 0 Å². The molecule has 3 aromatic rings. The van der Waals surface area contributed by atoms with E-state index in [1.54, 1.807) is 0 Å². The van der Waals surface area contributed by atoms with Gasteiger partial charge in [0.15, 0.2) is 0 Å². The van der Waals surface area contributed by atoms with E-state index in [2.05, 4.69) is 45.6 Å². The van der Waals surface area contributed by atoms with Crippen molar-refractivity contribution in [2.45, 2.75) is 33.1 Å². The summed E-state index contributed by atoms with van der Waals surface area (Å²) in [5.41, 5.74) is 4.59. The molecule has 30 heavy (non-hydrogen) atoms. The summed E-state index contributed by atoms with van der Waals surface area (Å²) in [6.45, 7) is 5.47. The van der Waals surface area contributed by atoms with E-state index in [0.29, 0.717) is 17.4 Å². The number of rotatable bonds is 5. The molecule has 2 aromatic carbocycles. The molecule has 2 heterocycles. The molecule has 1 amide bonds. The van der Waals surface area contributed by atoms with Crippen molar-refractivity contribution in [2.75, 3.05) is 18.4 Å². The van der Waals surface area contributed by atoms with Gasteiger partial charge in [-0.3, -0.25) is 4.79 Å². The van der Waals surface area contributed by atoms with Crippen LogP contribution in [0.15, 0.2) is 60.7 Å². The van der Waals surface area contributed by atoms with Crippen LogP contribution in [0.25, 0.3) is 0 Å². The Morgan fingerprint density at radius 3 is 2.30 bits per heavy atom. The van der Waals surface area contributed by atoms with E-state index in [-0.39, 0.29) is 5.91 Å². The number of benzene rings is 2. The molecule has 1 saturated heterocycles. The van der Waals surface area contributed by atoms with Crippen LogP contribution < -0.4 is 5.32 Å². The van der Waals surface area contributed by atoms with Crippen molar-refractivity contribution in [3.05, 3.63) is 83.2 Å². The number of anilines is 2. The van der Waals surface area contributed by atoms with Crippen molar-refractivity contribution in [2.24, 2.45) is 5.92 Å². The molecule has 0 spiro atoms. The molecule has 5 heteroatoms. The number of amides is 1. The predicted octanol–water partition coefficient (Wildman–Crippen LogP) is 4.93. The lowest BCUT2D eigenvalue weighted by atomic mass is 9.90. The average molecular weight is 401 g/mol. The minimum absolute atomic E-state index is 0.0700. The topological polar surface area (TPSA) is 58.1 Å². The molecule has 1 N–H and O–H groups in total. The first-order chi connectivity index (χ1) is 14.6. The summed E-state index contributed by atoms with van der Waals surface area (Å²) in [6, 6.07) is 20.2. The molecule has 0 saturated carbocycles. The monoisotopic (exact) mass is 400 g/mol. The van der Waals surface area contributed by atoms with Gasteiger partial charge in [-0.25, -0.2) is 9.97 Å². The second kappa shape index (κ2) is 9.08. The van der Waals surface area contributed by atoms with Crippen LogP contribution in [0.5, 0.6) is 0 Å². The number of piperidine rings is 1. The smallest absolute Gasteiger partial charge is 0.255 e. The Hall–Kier alpha value is -3.21. The van der Waals surface area contributed by atoms with Crippen LogP contribution in [0.4, 0.5) is 11.6 Å². The van der Waals surface area contributed by atoms with E-state index in [1.807, 2.05) is 49.1 Å². The number of likely N-dealkylation sites (tertiary alicyclic amines) is 1. The molecule has 1 aliphatic heterocycles. The number of para-hydroxylation sites is 1. The Morgan fingerprint density at radius 1 is 0.967 bits per heavy atom. The van der Waals surface area contributed by atoms with E-state index in [4.69, 9.17) is 0 Å². The van der Waals surface area contributed by atoms with E-state index in [0.717, 1.165) is 49.4 Å². The summed E-state index contributed by atoms with van der Waals surface area (Å²) in [7, 11) is 0. The lowest BCUT2D eigenvalue weighted by Gasteiger charge is -2.32. The molecular weight excluding hydrogens is 372 g/mol. The first-order valence-electron chi connectivity index (χ1n) is 10.6.